The molecule has 13 heavy (non-hydrogen) atoms. The Bertz CT molecular complexity index is 250. The topological polar surface area (TPSA) is 45.1 Å². The second-order valence-electron chi connectivity index (χ2n) is 3.45. The maximum Gasteiger partial charge on any atom is 0.0794 e. The van der Waals surface area contributed by atoms with Gasteiger partial charge in [0.1, 0.15) is 0 Å². The van der Waals surface area contributed by atoms with Gasteiger partial charge < -0.3 is 10.4 Å². The van der Waals surface area contributed by atoms with Gasteiger partial charge in [0, 0.05) is 23.7 Å². The molecule has 0 unspecified atom stereocenters. The van der Waals surface area contributed by atoms with E-state index in [-0.39, 0.29) is 6.10 Å². The number of aliphatic hydroxyl groups is 1. The molecule has 2 rings (SSSR count). The zero-order valence-electron chi connectivity index (χ0n) is 7.44. The van der Waals surface area contributed by atoms with Gasteiger partial charge in [-0.05, 0) is 19.3 Å². The van der Waals surface area contributed by atoms with Gasteiger partial charge in [-0.3, -0.25) is 4.98 Å². The fraction of sp³-hybridized carbons (Fsp3) is 0.667. The zero-order valence-corrected chi connectivity index (χ0v) is 8.26. The fourth-order valence-corrected chi connectivity index (χ4v) is 2.29. The van der Waals surface area contributed by atoms with E-state index in [1.165, 1.54) is 4.88 Å². The highest BCUT2D eigenvalue weighted by Crippen LogP contribution is 2.19. The summed E-state index contributed by atoms with van der Waals surface area (Å²) in [5, 5.41) is 12.9. The Morgan fingerprint density at radius 2 is 2.54 bits per heavy atom. The monoisotopic (exact) mass is 198 g/mol. The molecule has 1 heterocycles. The maximum absolute atomic E-state index is 9.54. The number of aliphatic hydroxyl groups excluding tert-OH is 1. The third-order valence-corrected chi connectivity index (χ3v) is 3.28. The molecule has 4 heteroatoms. The van der Waals surface area contributed by atoms with Crippen LogP contribution in [0.3, 0.4) is 0 Å². The van der Waals surface area contributed by atoms with Crippen LogP contribution in [0.15, 0.2) is 11.7 Å². The van der Waals surface area contributed by atoms with Gasteiger partial charge in [-0.1, -0.05) is 0 Å². The van der Waals surface area contributed by atoms with Crippen LogP contribution in [0.2, 0.25) is 0 Å². The minimum Gasteiger partial charge on any atom is -0.392 e. The zero-order chi connectivity index (χ0) is 9.10. The van der Waals surface area contributed by atoms with E-state index in [4.69, 9.17) is 0 Å². The molecule has 0 radical (unpaired) electrons. The first-order valence-electron chi connectivity index (χ1n) is 4.65. The van der Waals surface area contributed by atoms with E-state index in [0.717, 1.165) is 25.8 Å². The Hall–Kier alpha value is -0.450. The summed E-state index contributed by atoms with van der Waals surface area (Å²) in [5.74, 6) is 0. The van der Waals surface area contributed by atoms with Gasteiger partial charge in [0.05, 0.1) is 11.6 Å². The number of nitrogens with one attached hydrogen (secondary N) is 1. The van der Waals surface area contributed by atoms with Crippen LogP contribution >= 0.6 is 11.3 Å². The van der Waals surface area contributed by atoms with Gasteiger partial charge in [-0.15, -0.1) is 11.3 Å². The van der Waals surface area contributed by atoms with E-state index in [0.29, 0.717) is 6.04 Å². The molecule has 0 saturated heterocycles. The predicted molar refractivity (Wildman–Crippen MR) is 52.6 cm³/mol. The minimum absolute atomic E-state index is 0.145. The highest BCUT2D eigenvalue weighted by Gasteiger charge is 2.24. The molecule has 0 aromatic carbocycles. The molecule has 1 aromatic rings. The van der Waals surface area contributed by atoms with E-state index >= 15 is 0 Å². The summed E-state index contributed by atoms with van der Waals surface area (Å²) in [5.41, 5.74) is 1.84. The number of nitrogens with zero attached hydrogens (tertiary/aromatic N) is 1. The van der Waals surface area contributed by atoms with Crippen LogP contribution in [0.5, 0.6) is 0 Å². The van der Waals surface area contributed by atoms with Gasteiger partial charge in [0.2, 0.25) is 0 Å². The molecule has 1 saturated carbocycles. The fourth-order valence-electron chi connectivity index (χ4n) is 1.74. The number of hydrogen-bond donors (Lipinski definition) is 2. The minimum atomic E-state index is -0.145. The molecule has 3 nitrogen and oxygen atoms in total. The third-order valence-electron chi connectivity index (χ3n) is 2.50. The lowest BCUT2D eigenvalue weighted by molar-refractivity contribution is 0.149. The molecular formula is C9H14N2OS. The molecule has 2 N–H and O–H groups in total. The lowest BCUT2D eigenvalue weighted by Crippen LogP contribution is -2.34. The Morgan fingerprint density at radius 1 is 1.62 bits per heavy atom. The van der Waals surface area contributed by atoms with E-state index in [1.54, 1.807) is 11.3 Å². The summed E-state index contributed by atoms with van der Waals surface area (Å²) in [6.07, 6.45) is 4.91. The van der Waals surface area contributed by atoms with Crippen LogP contribution in [-0.2, 0) is 6.54 Å². The highest BCUT2D eigenvalue weighted by molar-refractivity contribution is 7.09. The Morgan fingerprint density at radius 3 is 3.15 bits per heavy atom. The van der Waals surface area contributed by atoms with Crippen molar-refractivity contribution in [2.45, 2.75) is 38.0 Å². The lowest BCUT2D eigenvalue weighted by Gasteiger charge is -2.15. The Kier molecular flexibility index (Phi) is 2.93. The quantitative estimate of drug-likeness (QED) is 0.765. The van der Waals surface area contributed by atoms with Gasteiger partial charge >= 0.3 is 0 Å². The van der Waals surface area contributed by atoms with E-state index < -0.39 is 0 Å². The van der Waals surface area contributed by atoms with Crippen LogP contribution < -0.4 is 5.32 Å². The van der Waals surface area contributed by atoms with Crippen LogP contribution in [0.1, 0.15) is 24.1 Å². The molecule has 1 aliphatic carbocycles. The summed E-state index contributed by atoms with van der Waals surface area (Å²) in [6, 6.07) is 0.294. The van der Waals surface area contributed by atoms with Crippen LogP contribution in [0.4, 0.5) is 0 Å². The Balaban J connectivity index is 1.79. The van der Waals surface area contributed by atoms with Crippen molar-refractivity contribution in [3.05, 3.63) is 16.6 Å². The van der Waals surface area contributed by atoms with Crippen molar-refractivity contribution in [1.82, 2.24) is 10.3 Å². The normalized spacial score (nSPS) is 28.1. The first-order chi connectivity index (χ1) is 6.36. The molecule has 2 atom stereocenters. The van der Waals surface area contributed by atoms with Gasteiger partial charge in [-0.25, -0.2) is 0 Å². The van der Waals surface area contributed by atoms with Crippen molar-refractivity contribution in [3.63, 3.8) is 0 Å². The predicted octanol–water partition coefficient (Wildman–Crippen LogP) is 1.15. The average Bonchev–Trinajstić information content (AvgIpc) is 2.72. The molecule has 0 spiro atoms. The first kappa shape index (κ1) is 9.12. The van der Waals surface area contributed by atoms with Crippen LogP contribution in [-0.4, -0.2) is 22.2 Å². The number of aromatic nitrogens is 1. The smallest absolute Gasteiger partial charge is 0.0794 e. The van der Waals surface area contributed by atoms with Crippen molar-refractivity contribution < 1.29 is 5.11 Å². The van der Waals surface area contributed by atoms with Crippen molar-refractivity contribution in [1.29, 1.82) is 0 Å². The summed E-state index contributed by atoms with van der Waals surface area (Å²) >= 11 is 1.65. The second kappa shape index (κ2) is 4.17. The van der Waals surface area contributed by atoms with Crippen molar-refractivity contribution >= 4 is 11.3 Å². The van der Waals surface area contributed by atoms with Gasteiger partial charge in [0.25, 0.3) is 0 Å². The molecule has 1 aromatic heterocycles. The van der Waals surface area contributed by atoms with Crippen LogP contribution in [0.25, 0.3) is 0 Å². The Labute approximate surface area is 81.8 Å². The van der Waals surface area contributed by atoms with E-state index in [2.05, 4.69) is 10.3 Å². The van der Waals surface area contributed by atoms with Crippen LogP contribution in [0, 0.1) is 0 Å². The molecule has 0 aliphatic heterocycles. The standard InChI is InChI=1S/C9H14N2OS/c12-9-3-1-2-8(9)11-5-7-4-10-6-13-7/h4,6,8-9,11-12H,1-3,5H2/t8-,9-/m0/s1. The van der Waals surface area contributed by atoms with Crippen molar-refractivity contribution in [2.24, 2.45) is 0 Å². The first-order valence-corrected chi connectivity index (χ1v) is 5.53. The van der Waals surface area contributed by atoms with Crippen molar-refractivity contribution in [2.75, 3.05) is 0 Å². The second-order valence-corrected chi connectivity index (χ2v) is 4.42. The summed E-state index contributed by atoms with van der Waals surface area (Å²) in [7, 11) is 0. The summed E-state index contributed by atoms with van der Waals surface area (Å²) in [6.45, 7) is 0.840. The van der Waals surface area contributed by atoms with Gasteiger partial charge in [0.15, 0.2) is 0 Å². The van der Waals surface area contributed by atoms with E-state index in [1.807, 2.05) is 11.7 Å². The van der Waals surface area contributed by atoms with E-state index in [9.17, 15) is 5.11 Å². The summed E-state index contributed by atoms with van der Waals surface area (Å²) in [4.78, 5) is 5.24. The SMILES string of the molecule is O[C@H]1CCC[C@@H]1NCc1cncs1. The van der Waals surface area contributed by atoms with Crippen molar-refractivity contribution in [3.8, 4) is 0 Å². The summed E-state index contributed by atoms with van der Waals surface area (Å²) < 4.78 is 0. The van der Waals surface area contributed by atoms with Gasteiger partial charge in [-0.2, -0.15) is 0 Å². The molecule has 1 aliphatic rings. The maximum atomic E-state index is 9.54. The molecule has 1 fully saturated rings. The number of rotatable bonds is 3. The molecule has 72 valence electrons. The molecule has 0 amide bonds. The third kappa shape index (κ3) is 2.27. The largest absolute Gasteiger partial charge is 0.392 e. The number of hydrogen-bond acceptors (Lipinski definition) is 4. The number of thiazole rings is 1. The average molecular weight is 198 g/mol. The lowest BCUT2D eigenvalue weighted by atomic mass is 10.2. The molecule has 0 bridgehead atoms. The molecular weight excluding hydrogens is 184 g/mol. The highest BCUT2D eigenvalue weighted by atomic mass is 32.1.